The van der Waals surface area contributed by atoms with E-state index in [-0.39, 0.29) is 24.3 Å². The Hall–Kier alpha value is -3.76. The van der Waals surface area contributed by atoms with Crippen molar-refractivity contribution in [3.8, 4) is 5.75 Å². The van der Waals surface area contributed by atoms with Gasteiger partial charge in [-0.1, -0.05) is 42.5 Å². The van der Waals surface area contributed by atoms with Gasteiger partial charge in [-0.3, -0.25) is 14.6 Å². The van der Waals surface area contributed by atoms with E-state index in [4.69, 9.17) is 0 Å². The molecule has 9 nitrogen and oxygen atoms in total. The molecule has 1 heterocycles. The predicted octanol–water partition coefficient (Wildman–Crippen LogP) is 0.653. The number of nitrogens with one attached hydrogen (secondary N) is 2. The fourth-order valence-electron chi connectivity index (χ4n) is 3.27. The van der Waals surface area contributed by atoms with Gasteiger partial charge in [-0.05, 0) is 36.1 Å². The molecular formula is C23H25BN4O5. The van der Waals surface area contributed by atoms with E-state index in [1.807, 2.05) is 30.3 Å². The van der Waals surface area contributed by atoms with E-state index in [0.29, 0.717) is 12.0 Å². The molecule has 0 spiro atoms. The van der Waals surface area contributed by atoms with E-state index >= 15 is 0 Å². The second kappa shape index (κ2) is 11.7. The zero-order valence-corrected chi connectivity index (χ0v) is 17.8. The van der Waals surface area contributed by atoms with Crippen LogP contribution >= 0.6 is 0 Å². The molecule has 2 aromatic carbocycles. The Morgan fingerprint density at radius 1 is 0.939 bits per heavy atom. The van der Waals surface area contributed by atoms with Crippen LogP contribution in [-0.2, 0) is 17.6 Å². The van der Waals surface area contributed by atoms with Gasteiger partial charge < -0.3 is 25.8 Å². The number of nitrogens with zero attached hydrogens (tertiary/aromatic N) is 2. The van der Waals surface area contributed by atoms with Gasteiger partial charge in [-0.15, -0.1) is 0 Å². The van der Waals surface area contributed by atoms with E-state index in [0.717, 1.165) is 5.56 Å². The Labute approximate surface area is 191 Å². The topological polar surface area (TPSA) is 145 Å². The normalized spacial score (nSPS) is 12.4. The lowest BCUT2D eigenvalue weighted by Gasteiger charge is -2.23. The molecule has 33 heavy (non-hydrogen) atoms. The molecule has 0 aliphatic rings. The van der Waals surface area contributed by atoms with Crippen molar-refractivity contribution in [2.75, 3.05) is 0 Å². The molecule has 0 unspecified atom stereocenters. The third kappa shape index (κ3) is 7.41. The molecule has 0 saturated heterocycles. The lowest BCUT2D eigenvalue weighted by atomic mass is 9.76. The molecule has 3 rings (SSSR count). The first-order valence-corrected chi connectivity index (χ1v) is 10.5. The summed E-state index contributed by atoms with van der Waals surface area (Å²) in [7, 11) is -1.78. The number of hydrogen-bond acceptors (Lipinski definition) is 7. The van der Waals surface area contributed by atoms with Crippen LogP contribution in [0.1, 0.15) is 28.0 Å². The molecule has 0 aliphatic carbocycles. The molecule has 10 heteroatoms. The lowest BCUT2D eigenvalue weighted by molar-refractivity contribution is -0.123. The molecule has 0 fully saturated rings. The average Bonchev–Trinajstić information content (AvgIpc) is 2.83. The highest BCUT2D eigenvalue weighted by Gasteiger charge is 2.29. The molecule has 5 N–H and O–H groups in total. The zero-order valence-electron chi connectivity index (χ0n) is 17.8. The number of benzene rings is 2. The molecule has 1 aromatic heterocycles. The van der Waals surface area contributed by atoms with Crippen molar-refractivity contribution in [2.45, 2.75) is 31.2 Å². The summed E-state index contributed by atoms with van der Waals surface area (Å²) in [5.41, 5.74) is 1.73. The number of carbonyl (C=O) groups is 2. The number of carbonyl (C=O) groups excluding carboxylic acids is 2. The molecule has 0 aliphatic heterocycles. The van der Waals surface area contributed by atoms with E-state index < -0.39 is 30.9 Å². The number of aromatic nitrogens is 2. The van der Waals surface area contributed by atoms with Gasteiger partial charge in [0.1, 0.15) is 17.5 Å². The third-order valence-corrected chi connectivity index (χ3v) is 5.07. The summed E-state index contributed by atoms with van der Waals surface area (Å²) in [6.45, 7) is 0. The fraction of sp³-hybridized carbons (Fsp3) is 0.217. The standard InChI is InChI=1S/C23H25BN4O5/c29-18-9-6-17(7-10-18)14-19(27-23(31)20-15-25-12-13-26-20)22(30)28-21(24(32)33)11-8-16-4-2-1-3-5-16/h1-7,9-10,12-13,15,19,21,29,32-33H,8,11,14H2,(H,27,31)(H,28,30)/t19-,21-/m0/s1. The van der Waals surface area contributed by atoms with E-state index in [1.54, 1.807) is 12.1 Å². The van der Waals surface area contributed by atoms with Crippen LogP contribution in [0, 0.1) is 0 Å². The Balaban J connectivity index is 1.72. The quantitative estimate of drug-likeness (QED) is 0.287. The van der Waals surface area contributed by atoms with Gasteiger partial charge in [0, 0.05) is 18.8 Å². The Kier molecular flexibility index (Phi) is 8.51. The van der Waals surface area contributed by atoms with Gasteiger partial charge in [-0.2, -0.15) is 0 Å². The minimum Gasteiger partial charge on any atom is -0.508 e. The van der Waals surface area contributed by atoms with Gasteiger partial charge in [0.2, 0.25) is 5.91 Å². The Morgan fingerprint density at radius 3 is 2.30 bits per heavy atom. The minimum absolute atomic E-state index is 0.0452. The summed E-state index contributed by atoms with van der Waals surface area (Å²) in [4.78, 5) is 33.5. The van der Waals surface area contributed by atoms with Crippen LogP contribution in [-0.4, -0.2) is 56.0 Å². The number of phenolic OH excluding ortho intramolecular Hbond substituents is 1. The van der Waals surface area contributed by atoms with E-state index in [2.05, 4.69) is 20.6 Å². The number of hydrogen-bond donors (Lipinski definition) is 5. The van der Waals surface area contributed by atoms with Gasteiger partial charge in [0.15, 0.2) is 0 Å². The van der Waals surface area contributed by atoms with Crippen molar-refractivity contribution in [3.63, 3.8) is 0 Å². The van der Waals surface area contributed by atoms with Crippen LogP contribution in [0.2, 0.25) is 0 Å². The maximum Gasteiger partial charge on any atom is 0.475 e. The van der Waals surface area contributed by atoms with E-state index in [1.165, 1.54) is 30.7 Å². The predicted molar refractivity (Wildman–Crippen MR) is 122 cm³/mol. The van der Waals surface area contributed by atoms with Crippen LogP contribution in [0.15, 0.2) is 73.2 Å². The summed E-state index contributed by atoms with van der Waals surface area (Å²) in [6, 6.07) is 14.7. The van der Waals surface area contributed by atoms with Gasteiger partial charge in [0.05, 0.1) is 12.1 Å². The minimum atomic E-state index is -1.78. The highest BCUT2D eigenvalue weighted by atomic mass is 16.4. The van der Waals surface area contributed by atoms with Crippen molar-refractivity contribution >= 4 is 18.9 Å². The average molecular weight is 448 g/mol. The van der Waals surface area contributed by atoms with Crippen LogP contribution in [0.5, 0.6) is 5.75 Å². The van der Waals surface area contributed by atoms with Crippen molar-refractivity contribution in [2.24, 2.45) is 0 Å². The summed E-state index contributed by atoms with van der Waals surface area (Å²) in [5.74, 6) is -2.03. The van der Waals surface area contributed by atoms with Gasteiger partial charge >= 0.3 is 7.12 Å². The number of amides is 2. The highest BCUT2D eigenvalue weighted by Crippen LogP contribution is 2.12. The smallest absolute Gasteiger partial charge is 0.475 e. The second-order valence-corrected chi connectivity index (χ2v) is 7.54. The summed E-state index contributed by atoms with van der Waals surface area (Å²) < 4.78 is 0. The zero-order chi connectivity index (χ0) is 23.6. The second-order valence-electron chi connectivity index (χ2n) is 7.54. The van der Waals surface area contributed by atoms with Crippen molar-refractivity contribution in [1.82, 2.24) is 20.6 Å². The molecule has 0 radical (unpaired) electrons. The maximum absolute atomic E-state index is 13.1. The maximum atomic E-state index is 13.1. The first kappa shape index (κ1) is 23.9. The van der Waals surface area contributed by atoms with Crippen molar-refractivity contribution in [1.29, 1.82) is 0 Å². The van der Waals surface area contributed by atoms with E-state index in [9.17, 15) is 24.7 Å². The van der Waals surface area contributed by atoms with Crippen LogP contribution in [0.3, 0.4) is 0 Å². The SMILES string of the molecule is O=C(N[C@@H](Cc1ccc(O)cc1)C(=O)N[C@@H](CCc1ccccc1)B(O)O)c1cnccn1. The number of aromatic hydroxyl groups is 1. The van der Waals surface area contributed by atoms with Crippen molar-refractivity contribution in [3.05, 3.63) is 90.0 Å². The van der Waals surface area contributed by atoms with Crippen molar-refractivity contribution < 1.29 is 24.7 Å². The number of rotatable bonds is 10. The first-order valence-electron chi connectivity index (χ1n) is 10.5. The lowest BCUT2D eigenvalue weighted by Crippen LogP contribution is -2.54. The molecular weight excluding hydrogens is 423 g/mol. The molecule has 170 valence electrons. The van der Waals surface area contributed by atoms with Crippen LogP contribution < -0.4 is 10.6 Å². The number of phenols is 1. The molecule has 2 atom stereocenters. The Morgan fingerprint density at radius 2 is 1.67 bits per heavy atom. The molecule has 0 bridgehead atoms. The summed E-state index contributed by atoms with van der Waals surface area (Å²) in [5, 5.41) is 34.4. The van der Waals surface area contributed by atoms with Crippen LogP contribution in [0.4, 0.5) is 0 Å². The largest absolute Gasteiger partial charge is 0.508 e. The van der Waals surface area contributed by atoms with Crippen LogP contribution in [0.25, 0.3) is 0 Å². The third-order valence-electron chi connectivity index (χ3n) is 5.07. The van der Waals surface area contributed by atoms with Gasteiger partial charge in [0.25, 0.3) is 5.91 Å². The summed E-state index contributed by atoms with van der Waals surface area (Å²) in [6.07, 6.45) is 5.01. The highest BCUT2D eigenvalue weighted by molar-refractivity contribution is 6.43. The summed E-state index contributed by atoms with van der Waals surface area (Å²) >= 11 is 0. The van der Waals surface area contributed by atoms with Gasteiger partial charge in [-0.25, -0.2) is 4.98 Å². The molecule has 2 amide bonds. The first-order chi connectivity index (χ1) is 15.9. The monoisotopic (exact) mass is 448 g/mol. The number of aryl methyl sites for hydroxylation is 1. The fourth-order valence-corrected chi connectivity index (χ4v) is 3.27. The molecule has 3 aromatic rings. The molecule has 0 saturated carbocycles. The Bertz CT molecular complexity index is 1040.